The Morgan fingerprint density at radius 1 is 0.742 bits per heavy atom. The average Bonchev–Trinajstić information content (AvgIpc) is 2.75. The summed E-state index contributed by atoms with van der Waals surface area (Å²) >= 11 is 12.0. The fourth-order valence-corrected chi connectivity index (χ4v) is 3.03. The van der Waals surface area contributed by atoms with E-state index < -0.39 is 0 Å². The first-order valence-electron chi connectivity index (χ1n) is 10.3. The molecular formula is C23H30Cl3N5. The molecule has 2 rings (SSSR count). The highest BCUT2D eigenvalue weighted by Crippen LogP contribution is 2.14. The topological polar surface area (TPSA) is 72.6 Å². The Bertz CT molecular complexity index is 790. The standard InChI is InChI=1S/C23H29Cl2N5.ClH/c1-3-5-7-21(17-9-13-19(24)14-10-17)27-29-23(26)30-28-22(8-6-4-2)18-11-15-20(25)16-12-18;/h9-16H,3-8H2,1-2H3,(H3,26,29,30);1H. The minimum atomic E-state index is 0. The van der Waals surface area contributed by atoms with Gasteiger partial charge in [0.15, 0.2) is 0 Å². The molecule has 0 radical (unpaired) electrons. The molecule has 0 saturated carbocycles. The third-order valence-electron chi connectivity index (χ3n) is 4.49. The minimum absolute atomic E-state index is 0. The normalized spacial score (nSPS) is 11.6. The van der Waals surface area contributed by atoms with Gasteiger partial charge in [0.1, 0.15) is 0 Å². The lowest BCUT2D eigenvalue weighted by molar-refractivity contribution is 0.813. The predicted octanol–water partition coefficient (Wildman–Crippen LogP) is 7.02. The van der Waals surface area contributed by atoms with Crippen LogP contribution in [0.4, 0.5) is 0 Å². The lowest BCUT2D eigenvalue weighted by atomic mass is 10.1. The molecule has 0 spiro atoms. The molecule has 8 heteroatoms. The monoisotopic (exact) mass is 481 g/mol. The fourth-order valence-electron chi connectivity index (χ4n) is 2.77. The van der Waals surface area contributed by atoms with E-state index in [2.05, 4.69) is 34.9 Å². The summed E-state index contributed by atoms with van der Waals surface area (Å²) < 4.78 is 0. The summed E-state index contributed by atoms with van der Waals surface area (Å²) in [5.74, 6) is 0.0147. The SMILES string of the molecule is CCCCC(=NNC(=N)NN=C(CCCC)c1ccc(Cl)cc1)c1ccc(Cl)cc1.Cl. The molecule has 0 amide bonds. The van der Waals surface area contributed by atoms with Gasteiger partial charge in [-0.25, -0.2) is 10.9 Å². The molecule has 0 fully saturated rings. The predicted molar refractivity (Wildman–Crippen MR) is 136 cm³/mol. The lowest BCUT2D eigenvalue weighted by Crippen LogP contribution is -2.31. The zero-order chi connectivity index (χ0) is 21.8. The molecule has 0 aliphatic carbocycles. The third kappa shape index (κ3) is 9.72. The van der Waals surface area contributed by atoms with Crippen molar-refractivity contribution in [3.05, 3.63) is 69.7 Å². The van der Waals surface area contributed by atoms with Crippen LogP contribution in [-0.2, 0) is 0 Å². The second kappa shape index (κ2) is 14.8. The van der Waals surface area contributed by atoms with E-state index in [9.17, 15) is 0 Å². The van der Waals surface area contributed by atoms with Crippen LogP contribution in [0.15, 0.2) is 58.7 Å². The van der Waals surface area contributed by atoms with Crippen molar-refractivity contribution >= 4 is 53.0 Å². The molecule has 5 nitrogen and oxygen atoms in total. The summed E-state index contributed by atoms with van der Waals surface area (Å²) in [6.07, 6.45) is 5.78. The van der Waals surface area contributed by atoms with Crippen LogP contribution in [0.1, 0.15) is 63.5 Å². The quantitative estimate of drug-likeness (QED) is 0.193. The van der Waals surface area contributed by atoms with Crippen molar-refractivity contribution in [3.8, 4) is 0 Å². The van der Waals surface area contributed by atoms with Crippen LogP contribution in [0.25, 0.3) is 0 Å². The smallest absolute Gasteiger partial charge is 0.230 e. The molecule has 0 unspecified atom stereocenters. The van der Waals surface area contributed by atoms with Gasteiger partial charge < -0.3 is 0 Å². The van der Waals surface area contributed by atoms with Crippen LogP contribution in [0, 0.1) is 5.41 Å². The Morgan fingerprint density at radius 3 is 1.42 bits per heavy atom. The van der Waals surface area contributed by atoms with E-state index in [1.165, 1.54) is 0 Å². The highest BCUT2D eigenvalue weighted by Gasteiger charge is 2.06. The van der Waals surface area contributed by atoms with Crippen LogP contribution < -0.4 is 10.9 Å². The zero-order valence-electron chi connectivity index (χ0n) is 17.9. The van der Waals surface area contributed by atoms with E-state index >= 15 is 0 Å². The highest BCUT2D eigenvalue weighted by atomic mass is 35.5. The Kier molecular flexibility index (Phi) is 12.9. The summed E-state index contributed by atoms with van der Waals surface area (Å²) in [6.45, 7) is 4.28. The van der Waals surface area contributed by atoms with Crippen molar-refractivity contribution in [2.75, 3.05) is 0 Å². The Balaban J connectivity index is 0.00000480. The number of hydrogen-bond acceptors (Lipinski definition) is 3. The molecule has 3 N–H and O–H groups in total. The molecule has 0 bridgehead atoms. The van der Waals surface area contributed by atoms with Gasteiger partial charge in [-0.3, -0.25) is 5.41 Å². The first-order valence-corrected chi connectivity index (χ1v) is 11.0. The maximum atomic E-state index is 8.14. The Labute approximate surface area is 201 Å². The summed E-state index contributed by atoms with van der Waals surface area (Å²) in [6, 6.07) is 15.1. The van der Waals surface area contributed by atoms with Crippen molar-refractivity contribution < 1.29 is 0 Å². The number of halogens is 3. The van der Waals surface area contributed by atoms with Gasteiger partial charge in [0, 0.05) is 10.0 Å². The molecule has 0 aliphatic rings. The van der Waals surface area contributed by atoms with Gasteiger partial charge in [0.2, 0.25) is 5.96 Å². The van der Waals surface area contributed by atoms with Crippen molar-refractivity contribution in [2.24, 2.45) is 10.2 Å². The average molecular weight is 483 g/mol. The number of benzene rings is 2. The van der Waals surface area contributed by atoms with Crippen molar-refractivity contribution in [1.82, 2.24) is 10.9 Å². The summed E-state index contributed by atoms with van der Waals surface area (Å²) in [7, 11) is 0. The van der Waals surface area contributed by atoms with Crippen LogP contribution in [0.2, 0.25) is 10.0 Å². The summed E-state index contributed by atoms with van der Waals surface area (Å²) in [5, 5.41) is 18.4. The molecule has 0 aromatic heterocycles. The van der Waals surface area contributed by atoms with Crippen LogP contribution >= 0.6 is 35.6 Å². The number of nitrogens with zero attached hydrogens (tertiary/aromatic N) is 2. The molecule has 0 atom stereocenters. The molecular weight excluding hydrogens is 453 g/mol. The summed E-state index contributed by atoms with van der Waals surface area (Å²) in [4.78, 5) is 0. The number of nitrogens with one attached hydrogen (secondary N) is 3. The van der Waals surface area contributed by atoms with Crippen molar-refractivity contribution in [2.45, 2.75) is 52.4 Å². The first kappa shape index (κ1) is 27.0. The van der Waals surface area contributed by atoms with Crippen LogP contribution in [-0.4, -0.2) is 17.4 Å². The van der Waals surface area contributed by atoms with Gasteiger partial charge in [0.05, 0.1) is 11.4 Å². The number of rotatable bonds is 10. The van der Waals surface area contributed by atoms with Gasteiger partial charge >= 0.3 is 0 Å². The van der Waals surface area contributed by atoms with Gasteiger partial charge in [-0.15, -0.1) is 12.4 Å². The molecule has 31 heavy (non-hydrogen) atoms. The summed E-state index contributed by atoms with van der Waals surface area (Å²) in [5.41, 5.74) is 9.29. The van der Waals surface area contributed by atoms with Gasteiger partial charge in [0.25, 0.3) is 0 Å². The molecule has 168 valence electrons. The van der Waals surface area contributed by atoms with Crippen LogP contribution in [0.3, 0.4) is 0 Å². The van der Waals surface area contributed by atoms with E-state index in [1.807, 2.05) is 48.5 Å². The molecule has 2 aromatic rings. The highest BCUT2D eigenvalue weighted by molar-refractivity contribution is 6.31. The van der Waals surface area contributed by atoms with E-state index in [4.69, 9.17) is 28.6 Å². The largest absolute Gasteiger partial charge is 0.266 e. The second-order valence-corrected chi connectivity index (χ2v) is 7.81. The minimum Gasteiger partial charge on any atom is -0.266 e. The maximum Gasteiger partial charge on any atom is 0.230 e. The lowest BCUT2D eigenvalue weighted by Gasteiger charge is -2.10. The fraction of sp³-hybridized carbons (Fsp3) is 0.348. The van der Waals surface area contributed by atoms with Crippen molar-refractivity contribution in [3.63, 3.8) is 0 Å². The Morgan fingerprint density at radius 2 is 1.10 bits per heavy atom. The maximum absolute atomic E-state index is 8.14. The van der Waals surface area contributed by atoms with Crippen LogP contribution in [0.5, 0.6) is 0 Å². The number of hydrogen-bond donors (Lipinski definition) is 3. The number of guanidine groups is 1. The molecule has 0 heterocycles. The van der Waals surface area contributed by atoms with E-state index in [1.54, 1.807) is 0 Å². The number of unbranched alkanes of at least 4 members (excludes halogenated alkanes) is 2. The molecule has 0 aliphatic heterocycles. The van der Waals surface area contributed by atoms with E-state index in [0.29, 0.717) is 10.0 Å². The molecule has 2 aromatic carbocycles. The third-order valence-corrected chi connectivity index (χ3v) is 5.00. The second-order valence-electron chi connectivity index (χ2n) is 6.94. The zero-order valence-corrected chi connectivity index (χ0v) is 20.2. The first-order chi connectivity index (χ1) is 14.5. The van der Waals surface area contributed by atoms with Gasteiger partial charge in [-0.2, -0.15) is 10.2 Å². The Hall–Kier alpha value is -2.08. The molecule has 0 saturated heterocycles. The van der Waals surface area contributed by atoms with Crippen molar-refractivity contribution in [1.29, 1.82) is 5.41 Å². The van der Waals surface area contributed by atoms with Gasteiger partial charge in [-0.05, 0) is 61.1 Å². The van der Waals surface area contributed by atoms with Gasteiger partial charge in [-0.1, -0.05) is 74.2 Å². The van der Waals surface area contributed by atoms with E-state index in [0.717, 1.165) is 61.1 Å². The van der Waals surface area contributed by atoms with E-state index in [-0.39, 0.29) is 18.4 Å². The number of hydrazone groups is 2.